The van der Waals surface area contributed by atoms with E-state index in [2.05, 4.69) is 22.3 Å². The van der Waals surface area contributed by atoms with Gasteiger partial charge in [-0.3, -0.25) is 9.80 Å². The third kappa shape index (κ3) is 2.19. The first kappa shape index (κ1) is 12.1. The molecule has 0 aromatic heterocycles. The van der Waals surface area contributed by atoms with E-state index in [9.17, 15) is 4.79 Å². The van der Waals surface area contributed by atoms with E-state index in [4.69, 9.17) is 0 Å². The third-order valence-electron chi connectivity index (χ3n) is 3.02. The Balaban J connectivity index is 1.91. The summed E-state index contributed by atoms with van der Waals surface area (Å²) < 4.78 is 0. The Labute approximate surface area is 115 Å². The van der Waals surface area contributed by atoms with Gasteiger partial charge >= 0.3 is 0 Å². The molecule has 1 amide bonds. The van der Waals surface area contributed by atoms with E-state index in [0.29, 0.717) is 11.8 Å². The molecule has 0 fully saturated rings. The monoisotopic (exact) mass is 274 g/mol. The van der Waals surface area contributed by atoms with E-state index in [-0.39, 0.29) is 11.9 Å². The van der Waals surface area contributed by atoms with Gasteiger partial charge < -0.3 is 10.6 Å². The number of nitrogens with one attached hydrogen (secondary N) is 2. The molecule has 1 aromatic rings. The molecule has 1 atom stereocenters. The number of hydrogen-bond acceptors (Lipinski definition) is 5. The van der Waals surface area contributed by atoms with Gasteiger partial charge in [-0.05, 0) is 6.07 Å². The molecule has 2 heterocycles. The van der Waals surface area contributed by atoms with Gasteiger partial charge in [0, 0.05) is 17.0 Å². The maximum absolute atomic E-state index is 12.3. The van der Waals surface area contributed by atoms with Crippen molar-refractivity contribution in [2.75, 3.05) is 17.7 Å². The van der Waals surface area contributed by atoms with Crippen LogP contribution in [0.1, 0.15) is 11.6 Å². The van der Waals surface area contributed by atoms with Gasteiger partial charge in [-0.2, -0.15) is 0 Å². The molecule has 3 rings (SSSR count). The Hall–Kier alpha value is -1.95. The van der Waals surface area contributed by atoms with Gasteiger partial charge in [-0.1, -0.05) is 36.0 Å². The number of hydrazone groups is 1. The lowest BCUT2D eigenvalue weighted by molar-refractivity contribution is -0.126. The first-order valence-electron chi connectivity index (χ1n) is 6.02. The molecule has 0 saturated carbocycles. The Kier molecular flexibility index (Phi) is 3.16. The first-order chi connectivity index (χ1) is 9.29. The minimum absolute atomic E-state index is 0.0319. The zero-order valence-electron chi connectivity index (χ0n) is 10.3. The highest BCUT2D eigenvalue weighted by Gasteiger charge is 2.36. The molecular weight excluding hydrogens is 260 g/mol. The van der Waals surface area contributed by atoms with Crippen LogP contribution in [-0.2, 0) is 4.79 Å². The van der Waals surface area contributed by atoms with Crippen molar-refractivity contribution in [1.82, 2.24) is 10.3 Å². The van der Waals surface area contributed by atoms with Gasteiger partial charge in [0.1, 0.15) is 6.67 Å². The molecular formula is C13H14N4OS. The summed E-state index contributed by atoms with van der Waals surface area (Å²) in [5, 5.41) is 13.0. The molecule has 0 unspecified atom stereocenters. The van der Waals surface area contributed by atoms with Crippen LogP contribution in [0, 0.1) is 0 Å². The minimum atomic E-state index is -0.342. The summed E-state index contributed by atoms with van der Waals surface area (Å²) in [6.45, 7) is 4.20. The molecule has 0 spiro atoms. The summed E-state index contributed by atoms with van der Waals surface area (Å²) >= 11 is 1.47. The lowest BCUT2D eigenvalue weighted by atomic mass is 10.0. The second-order valence-electron chi connectivity index (χ2n) is 4.26. The Bertz CT molecular complexity index is 557. The number of fused-ring (bicyclic) bond motifs is 3. The summed E-state index contributed by atoms with van der Waals surface area (Å²) in [6, 6.07) is 7.48. The van der Waals surface area contributed by atoms with Gasteiger partial charge in [0.15, 0.2) is 11.2 Å². The Morgan fingerprint density at radius 3 is 3.21 bits per heavy atom. The summed E-state index contributed by atoms with van der Waals surface area (Å²) in [5.74, 6) is 0.692. The molecule has 0 radical (unpaired) electrons. The molecule has 98 valence electrons. The van der Waals surface area contributed by atoms with Crippen LogP contribution >= 0.6 is 11.8 Å². The van der Waals surface area contributed by atoms with Gasteiger partial charge in [0.25, 0.3) is 5.91 Å². The number of rotatable bonds is 2. The number of benzene rings is 1. The molecule has 2 aliphatic heterocycles. The van der Waals surface area contributed by atoms with Gasteiger partial charge in [-0.15, -0.1) is 11.7 Å². The number of carbonyl (C=O) groups excluding carboxylic acids is 1. The van der Waals surface area contributed by atoms with Crippen LogP contribution < -0.4 is 10.6 Å². The topological polar surface area (TPSA) is 56.7 Å². The Morgan fingerprint density at radius 1 is 1.53 bits per heavy atom. The molecule has 0 saturated heterocycles. The quantitative estimate of drug-likeness (QED) is 0.807. The molecule has 1 aromatic carbocycles. The lowest BCUT2D eigenvalue weighted by Crippen LogP contribution is -2.49. The average Bonchev–Trinajstić information content (AvgIpc) is 2.44. The number of carbonyl (C=O) groups is 1. The van der Waals surface area contributed by atoms with E-state index in [1.54, 1.807) is 11.1 Å². The SMILES string of the molecule is C=CCSC1=NN2CNc3ccccc3[C@@H]2C(=O)N1. The Morgan fingerprint density at radius 2 is 2.37 bits per heavy atom. The van der Waals surface area contributed by atoms with E-state index >= 15 is 0 Å². The smallest absolute Gasteiger partial charge is 0.255 e. The van der Waals surface area contributed by atoms with E-state index in [1.807, 2.05) is 24.3 Å². The van der Waals surface area contributed by atoms with E-state index in [1.165, 1.54) is 11.8 Å². The fourth-order valence-corrected chi connectivity index (χ4v) is 2.81. The maximum atomic E-state index is 12.3. The largest absolute Gasteiger partial charge is 0.366 e. The van der Waals surface area contributed by atoms with Crippen molar-refractivity contribution in [2.45, 2.75) is 6.04 Å². The molecule has 19 heavy (non-hydrogen) atoms. The second kappa shape index (κ2) is 4.97. The molecule has 0 bridgehead atoms. The summed E-state index contributed by atoms with van der Waals surface area (Å²) in [5.41, 5.74) is 1.96. The molecule has 6 heteroatoms. The predicted molar refractivity (Wildman–Crippen MR) is 77.7 cm³/mol. The highest BCUT2D eigenvalue weighted by atomic mass is 32.2. The summed E-state index contributed by atoms with van der Waals surface area (Å²) in [7, 11) is 0. The number of nitrogens with zero attached hydrogens (tertiary/aromatic N) is 2. The fraction of sp³-hybridized carbons (Fsp3) is 0.231. The summed E-state index contributed by atoms with van der Waals surface area (Å²) in [4.78, 5) is 12.3. The van der Waals surface area contributed by atoms with Crippen molar-refractivity contribution in [1.29, 1.82) is 0 Å². The highest BCUT2D eigenvalue weighted by molar-refractivity contribution is 8.14. The fourth-order valence-electron chi connectivity index (χ4n) is 2.20. The number of anilines is 1. The minimum Gasteiger partial charge on any atom is -0.366 e. The number of para-hydroxylation sites is 1. The van der Waals surface area contributed by atoms with E-state index < -0.39 is 0 Å². The lowest BCUT2D eigenvalue weighted by Gasteiger charge is -2.37. The van der Waals surface area contributed by atoms with Crippen molar-refractivity contribution < 1.29 is 4.79 Å². The summed E-state index contributed by atoms with van der Waals surface area (Å²) in [6.07, 6.45) is 1.79. The van der Waals surface area contributed by atoms with Crippen LogP contribution in [0.3, 0.4) is 0 Å². The zero-order valence-corrected chi connectivity index (χ0v) is 11.1. The normalized spacial score (nSPS) is 20.6. The first-order valence-corrected chi connectivity index (χ1v) is 7.01. The second-order valence-corrected chi connectivity index (χ2v) is 5.27. The predicted octanol–water partition coefficient (Wildman–Crippen LogP) is 1.73. The van der Waals surface area contributed by atoms with Crippen LogP contribution in [-0.4, -0.2) is 28.5 Å². The zero-order chi connectivity index (χ0) is 13.2. The van der Waals surface area contributed by atoms with Crippen molar-refractivity contribution in [3.8, 4) is 0 Å². The van der Waals surface area contributed by atoms with Crippen LogP contribution in [0.2, 0.25) is 0 Å². The van der Waals surface area contributed by atoms with Crippen LogP contribution in [0.25, 0.3) is 0 Å². The number of amidine groups is 1. The standard InChI is InChI=1S/C13H14N4OS/c1-2-7-19-13-15-12(18)11-9-5-3-4-6-10(9)14-8-17(11)16-13/h2-6,11,14H,1,7-8H2,(H,15,16,18)/t11-/m1/s1. The molecule has 0 aliphatic carbocycles. The third-order valence-corrected chi connectivity index (χ3v) is 3.88. The van der Waals surface area contributed by atoms with Gasteiger partial charge in [-0.25, -0.2) is 0 Å². The average molecular weight is 274 g/mol. The molecule has 2 aliphatic rings. The van der Waals surface area contributed by atoms with Gasteiger partial charge in [0.2, 0.25) is 0 Å². The van der Waals surface area contributed by atoms with Gasteiger partial charge in [0.05, 0.1) is 0 Å². The number of amides is 1. The van der Waals surface area contributed by atoms with Crippen LogP contribution in [0.4, 0.5) is 5.69 Å². The molecule has 2 N–H and O–H groups in total. The van der Waals surface area contributed by atoms with E-state index in [0.717, 1.165) is 17.0 Å². The van der Waals surface area contributed by atoms with Crippen molar-refractivity contribution in [3.63, 3.8) is 0 Å². The molecule has 5 nitrogen and oxygen atoms in total. The van der Waals surface area contributed by atoms with Crippen LogP contribution in [0.5, 0.6) is 0 Å². The number of thioether (sulfide) groups is 1. The van der Waals surface area contributed by atoms with Crippen molar-refractivity contribution in [3.05, 3.63) is 42.5 Å². The number of hydrogen-bond donors (Lipinski definition) is 2. The van der Waals surface area contributed by atoms with Crippen LogP contribution in [0.15, 0.2) is 42.0 Å². The maximum Gasteiger partial charge on any atom is 0.255 e. The van der Waals surface area contributed by atoms with Crippen molar-refractivity contribution in [2.24, 2.45) is 5.10 Å². The highest BCUT2D eigenvalue weighted by Crippen LogP contribution is 2.34. The van der Waals surface area contributed by atoms with Crippen molar-refractivity contribution >= 4 is 28.5 Å².